The minimum atomic E-state index is -0.916. The van der Waals surface area contributed by atoms with Gasteiger partial charge in [-0.2, -0.15) is 0 Å². The van der Waals surface area contributed by atoms with Gasteiger partial charge in [0.15, 0.2) is 11.8 Å². The number of ether oxygens (including phenoxy) is 2. The number of rotatable bonds is 4. The van der Waals surface area contributed by atoms with Crippen molar-refractivity contribution in [1.29, 1.82) is 5.41 Å². The first-order valence-electron chi connectivity index (χ1n) is 10.0. The number of alkyl carbamates (subject to hydrolysis) is 1. The molecule has 30 heavy (non-hydrogen) atoms. The van der Waals surface area contributed by atoms with E-state index in [9.17, 15) is 9.59 Å². The molecule has 2 amide bonds. The maximum absolute atomic E-state index is 15.0. The van der Waals surface area contributed by atoms with Gasteiger partial charge in [0.1, 0.15) is 6.61 Å². The van der Waals surface area contributed by atoms with Gasteiger partial charge in [0, 0.05) is 50.4 Å². The molecule has 2 aliphatic heterocycles. The van der Waals surface area contributed by atoms with Crippen LogP contribution in [0.15, 0.2) is 18.2 Å². The van der Waals surface area contributed by atoms with Crippen molar-refractivity contribution >= 4 is 23.6 Å². The number of piperazine rings is 1. The zero-order valence-electron chi connectivity index (χ0n) is 17.0. The van der Waals surface area contributed by atoms with Crippen molar-refractivity contribution in [1.82, 2.24) is 10.2 Å². The number of halogens is 1. The van der Waals surface area contributed by atoms with Crippen LogP contribution in [0.5, 0.6) is 0 Å². The number of nitrogens with two attached hydrogens (primary N) is 1. The molecule has 0 saturated carbocycles. The largest absolute Gasteiger partial charge is 0.444 e. The average molecular weight is 421 g/mol. The van der Waals surface area contributed by atoms with Crippen LogP contribution in [-0.2, 0) is 20.9 Å². The lowest BCUT2D eigenvalue weighted by atomic mass is 9.97. The monoisotopic (exact) mass is 421 g/mol. The van der Waals surface area contributed by atoms with Crippen LogP contribution in [0.1, 0.15) is 25.3 Å². The van der Waals surface area contributed by atoms with Gasteiger partial charge in [0.05, 0.1) is 5.69 Å². The lowest BCUT2D eigenvalue weighted by Crippen LogP contribution is -2.56. The van der Waals surface area contributed by atoms with E-state index in [1.807, 2.05) is 22.0 Å². The lowest BCUT2D eigenvalue weighted by Gasteiger charge is -2.42. The Morgan fingerprint density at radius 3 is 2.73 bits per heavy atom. The molecule has 0 radical (unpaired) electrons. The molecule has 2 saturated heterocycles. The van der Waals surface area contributed by atoms with Gasteiger partial charge in [0.25, 0.3) is 0 Å². The molecule has 0 bridgehead atoms. The van der Waals surface area contributed by atoms with Crippen LogP contribution < -0.4 is 16.0 Å². The van der Waals surface area contributed by atoms with Gasteiger partial charge in [0.2, 0.25) is 5.91 Å². The smallest absolute Gasteiger partial charge is 0.414 e. The van der Waals surface area contributed by atoms with Gasteiger partial charge in [-0.1, -0.05) is 12.1 Å². The van der Waals surface area contributed by atoms with Crippen molar-refractivity contribution in [3.63, 3.8) is 0 Å². The number of amides is 2. The van der Waals surface area contributed by atoms with Crippen molar-refractivity contribution in [3.8, 4) is 0 Å². The zero-order chi connectivity index (χ0) is 21.7. The second-order valence-corrected chi connectivity index (χ2v) is 7.58. The minimum absolute atomic E-state index is 0.00566. The third-order valence-electron chi connectivity index (χ3n) is 5.48. The zero-order valence-corrected chi connectivity index (χ0v) is 17.0. The number of anilines is 1. The number of nitrogens with zero attached hydrogens (tertiary/aromatic N) is 2. The maximum Gasteiger partial charge on any atom is 0.414 e. The number of hydrogen-bond donors (Lipinski definition) is 3. The molecule has 0 aliphatic carbocycles. The molecule has 0 unspecified atom stereocenters. The van der Waals surface area contributed by atoms with Crippen LogP contribution in [0, 0.1) is 17.1 Å². The van der Waals surface area contributed by atoms with Crippen molar-refractivity contribution in [2.45, 2.75) is 32.4 Å². The quantitative estimate of drug-likeness (QED) is 0.499. The highest BCUT2D eigenvalue weighted by Crippen LogP contribution is 2.27. The van der Waals surface area contributed by atoms with E-state index >= 15 is 4.39 Å². The first-order valence-corrected chi connectivity index (χ1v) is 10.0. The highest BCUT2D eigenvalue weighted by molar-refractivity contribution is 5.90. The second-order valence-electron chi connectivity index (χ2n) is 7.58. The number of benzene rings is 1. The van der Waals surface area contributed by atoms with E-state index in [1.54, 1.807) is 12.1 Å². The van der Waals surface area contributed by atoms with E-state index in [1.165, 1.54) is 6.07 Å². The van der Waals surface area contributed by atoms with Crippen LogP contribution in [0.3, 0.4) is 0 Å². The van der Waals surface area contributed by atoms with E-state index in [2.05, 4.69) is 0 Å². The molecule has 1 atom stereocenters. The minimum Gasteiger partial charge on any atom is -0.444 e. The summed E-state index contributed by atoms with van der Waals surface area (Å²) in [7, 11) is 0. The molecule has 164 valence electrons. The van der Waals surface area contributed by atoms with Crippen LogP contribution >= 0.6 is 0 Å². The van der Waals surface area contributed by atoms with Crippen molar-refractivity contribution in [2.75, 3.05) is 37.7 Å². The predicted octanol–water partition coefficient (Wildman–Crippen LogP) is 1.41. The molecule has 1 aromatic carbocycles. The molecule has 2 aliphatic rings. The van der Waals surface area contributed by atoms with Crippen molar-refractivity contribution < 1.29 is 23.5 Å². The number of nitrogens with one attached hydrogen (secondary N) is 2. The van der Waals surface area contributed by atoms with Gasteiger partial charge in [-0.3, -0.25) is 15.5 Å². The number of guanidine groups is 1. The molecule has 4 N–H and O–H groups in total. The molecule has 2 heterocycles. The van der Waals surface area contributed by atoms with Crippen molar-refractivity contribution in [3.05, 3.63) is 29.6 Å². The molecule has 10 heteroatoms. The van der Waals surface area contributed by atoms with E-state index < -0.39 is 17.9 Å². The SMILES string of the molecule is C[C@@H]1CN(c2cccc(COC(=O)NC(=N)N)c2F)CCN1C(=O)C1CCOCC1. The fourth-order valence-corrected chi connectivity index (χ4v) is 3.89. The molecular weight excluding hydrogens is 393 g/mol. The normalized spacial score (nSPS) is 20.0. The summed E-state index contributed by atoms with van der Waals surface area (Å²) in [6, 6.07) is 4.87. The Labute approximate surface area is 174 Å². The van der Waals surface area contributed by atoms with Gasteiger partial charge in [-0.05, 0) is 25.8 Å². The Morgan fingerprint density at radius 1 is 1.33 bits per heavy atom. The summed E-state index contributed by atoms with van der Waals surface area (Å²) in [5, 5.41) is 8.98. The highest BCUT2D eigenvalue weighted by Gasteiger charge is 2.33. The van der Waals surface area contributed by atoms with Gasteiger partial charge < -0.3 is 25.0 Å². The fraction of sp³-hybridized carbons (Fsp3) is 0.550. The number of hydrogen-bond acceptors (Lipinski definition) is 6. The van der Waals surface area contributed by atoms with E-state index in [4.69, 9.17) is 20.6 Å². The summed E-state index contributed by atoms with van der Waals surface area (Å²) in [6.45, 7) is 4.49. The molecule has 0 aromatic heterocycles. The summed E-state index contributed by atoms with van der Waals surface area (Å²) in [5.74, 6) is -0.850. The fourth-order valence-electron chi connectivity index (χ4n) is 3.89. The molecule has 3 rings (SSSR count). The van der Waals surface area contributed by atoms with Crippen molar-refractivity contribution in [2.24, 2.45) is 11.7 Å². The van der Waals surface area contributed by atoms with E-state index in [0.29, 0.717) is 38.5 Å². The molecule has 9 nitrogen and oxygen atoms in total. The Hall–Kier alpha value is -2.88. The summed E-state index contributed by atoms with van der Waals surface area (Å²) in [5.41, 5.74) is 5.70. The van der Waals surface area contributed by atoms with Crippen LogP contribution in [-0.4, -0.2) is 61.7 Å². The summed E-state index contributed by atoms with van der Waals surface area (Å²) in [6.07, 6.45) is 0.584. The van der Waals surface area contributed by atoms with Gasteiger partial charge >= 0.3 is 6.09 Å². The topological polar surface area (TPSA) is 121 Å². The Kier molecular flexibility index (Phi) is 7.09. The Bertz CT molecular complexity index is 799. The molecular formula is C20H28FN5O4. The summed E-state index contributed by atoms with van der Waals surface area (Å²) < 4.78 is 25.3. The van der Waals surface area contributed by atoms with Crippen LogP contribution in [0.4, 0.5) is 14.9 Å². The standard InChI is InChI=1S/C20H28FN5O4/c1-13-11-25(7-8-26(13)18(27)14-5-9-29-10-6-14)16-4-2-3-15(17(16)21)12-30-20(28)24-19(22)23/h2-4,13-14H,5-12H2,1H3,(H4,22,23,24,28)/t13-/m1/s1. The Morgan fingerprint density at radius 2 is 2.07 bits per heavy atom. The van der Waals surface area contributed by atoms with Gasteiger partial charge in [-0.15, -0.1) is 0 Å². The Balaban J connectivity index is 1.62. The summed E-state index contributed by atoms with van der Waals surface area (Å²) >= 11 is 0. The number of carbonyl (C=O) groups is 2. The predicted molar refractivity (Wildman–Crippen MR) is 109 cm³/mol. The van der Waals surface area contributed by atoms with Crippen LogP contribution in [0.2, 0.25) is 0 Å². The van der Waals surface area contributed by atoms with Crippen LogP contribution in [0.25, 0.3) is 0 Å². The maximum atomic E-state index is 15.0. The van der Waals surface area contributed by atoms with E-state index in [-0.39, 0.29) is 30.0 Å². The first kappa shape index (κ1) is 21.8. The number of carbonyl (C=O) groups excluding carboxylic acids is 2. The highest BCUT2D eigenvalue weighted by atomic mass is 19.1. The van der Waals surface area contributed by atoms with E-state index in [0.717, 1.165) is 12.8 Å². The molecule has 2 fully saturated rings. The molecule has 1 aromatic rings. The average Bonchev–Trinajstić information content (AvgIpc) is 2.72. The molecule has 0 spiro atoms. The third-order valence-corrected chi connectivity index (χ3v) is 5.48. The first-order chi connectivity index (χ1) is 14.4. The lowest BCUT2D eigenvalue weighted by molar-refractivity contribution is -0.141. The van der Waals surface area contributed by atoms with Gasteiger partial charge in [-0.25, -0.2) is 9.18 Å². The summed E-state index contributed by atoms with van der Waals surface area (Å²) in [4.78, 5) is 28.1. The third kappa shape index (κ3) is 5.18. The second kappa shape index (κ2) is 9.75.